The molecule has 2 rings (SSSR count). The maximum Gasteiger partial charge on any atom is 0.120 e. The van der Waals surface area contributed by atoms with Crippen molar-refractivity contribution < 1.29 is 4.42 Å². The highest BCUT2D eigenvalue weighted by molar-refractivity contribution is 5.25. The van der Waals surface area contributed by atoms with E-state index in [1.54, 1.807) is 6.26 Å². The van der Waals surface area contributed by atoms with E-state index in [4.69, 9.17) is 10.2 Å². The van der Waals surface area contributed by atoms with Gasteiger partial charge in [-0.2, -0.15) is 0 Å². The van der Waals surface area contributed by atoms with Crippen molar-refractivity contribution in [3.05, 3.63) is 23.7 Å². The van der Waals surface area contributed by atoms with Gasteiger partial charge >= 0.3 is 0 Å². The monoisotopic (exact) mass is 137 g/mol. The standard InChI is InChI=1S/C8H11NO/c9-5-8-7(3-4-10-8)6-1-2-6/h3-4,6H,1-2,5,9H2. The van der Waals surface area contributed by atoms with Gasteiger partial charge in [0, 0.05) is 0 Å². The Morgan fingerprint density at radius 2 is 2.40 bits per heavy atom. The molecule has 2 N–H and O–H groups in total. The minimum Gasteiger partial charge on any atom is -0.468 e. The van der Waals surface area contributed by atoms with E-state index < -0.39 is 0 Å². The molecule has 0 spiro atoms. The summed E-state index contributed by atoms with van der Waals surface area (Å²) in [5.74, 6) is 1.74. The van der Waals surface area contributed by atoms with Crippen molar-refractivity contribution in [2.24, 2.45) is 5.73 Å². The van der Waals surface area contributed by atoms with Crippen molar-refractivity contribution in [2.75, 3.05) is 0 Å². The molecule has 0 amide bonds. The molecule has 1 fully saturated rings. The molecule has 0 atom stereocenters. The molecule has 1 aromatic heterocycles. The maximum atomic E-state index is 5.47. The molecule has 10 heavy (non-hydrogen) atoms. The molecule has 0 aliphatic heterocycles. The Bertz CT molecular complexity index is 225. The quantitative estimate of drug-likeness (QED) is 0.672. The van der Waals surface area contributed by atoms with Crippen molar-refractivity contribution in [1.29, 1.82) is 0 Å². The summed E-state index contributed by atoms with van der Waals surface area (Å²) in [7, 11) is 0. The zero-order valence-corrected chi connectivity index (χ0v) is 5.84. The Balaban J connectivity index is 2.28. The Labute approximate surface area is 60.0 Å². The number of hydrogen-bond donors (Lipinski definition) is 1. The number of nitrogens with two attached hydrogens (primary N) is 1. The molecule has 2 nitrogen and oxygen atoms in total. The fourth-order valence-corrected chi connectivity index (χ4v) is 1.27. The van der Waals surface area contributed by atoms with Crippen LogP contribution < -0.4 is 5.73 Å². The average Bonchev–Trinajstić information content (AvgIpc) is 2.69. The lowest BCUT2D eigenvalue weighted by Gasteiger charge is -1.93. The zero-order valence-electron chi connectivity index (χ0n) is 5.84. The lowest BCUT2D eigenvalue weighted by atomic mass is 10.1. The molecule has 1 aliphatic carbocycles. The van der Waals surface area contributed by atoms with Gasteiger partial charge < -0.3 is 10.2 Å². The van der Waals surface area contributed by atoms with E-state index in [1.807, 2.05) is 6.07 Å². The third-order valence-corrected chi connectivity index (χ3v) is 1.98. The van der Waals surface area contributed by atoms with Crippen molar-refractivity contribution in [3.8, 4) is 0 Å². The van der Waals surface area contributed by atoms with E-state index in [9.17, 15) is 0 Å². The fraction of sp³-hybridized carbons (Fsp3) is 0.500. The van der Waals surface area contributed by atoms with E-state index in [-0.39, 0.29) is 0 Å². The van der Waals surface area contributed by atoms with Gasteiger partial charge in [0.2, 0.25) is 0 Å². The van der Waals surface area contributed by atoms with Crippen molar-refractivity contribution in [2.45, 2.75) is 25.3 Å². The lowest BCUT2D eigenvalue weighted by molar-refractivity contribution is 0.507. The third kappa shape index (κ3) is 0.847. The summed E-state index contributed by atoms with van der Waals surface area (Å²) in [5, 5.41) is 0. The summed E-state index contributed by atoms with van der Waals surface area (Å²) in [4.78, 5) is 0. The Morgan fingerprint density at radius 1 is 1.60 bits per heavy atom. The number of hydrogen-bond acceptors (Lipinski definition) is 2. The Kier molecular flexibility index (Phi) is 1.27. The topological polar surface area (TPSA) is 39.2 Å². The second-order valence-corrected chi connectivity index (χ2v) is 2.78. The molecule has 0 saturated heterocycles. The fourth-order valence-electron chi connectivity index (χ4n) is 1.27. The van der Waals surface area contributed by atoms with Crippen LogP contribution in [0.25, 0.3) is 0 Å². The van der Waals surface area contributed by atoms with E-state index in [0.29, 0.717) is 6.54 Å². The molecule has 1 saturated carbocycles. The van der Waals surface area contributed by atoms with Gasteiger partial charge in [0.1, 0.15) is 5.76 Å². The molecule has 0 bridgehead atoms. The van der Waals surface area contributed by atoms with Crippen LogP contribution in [0.1, 0.15) is 30.1 Å². The van der Waals surface area contributed by atoms with Gasteiger partial charge in [-0.15, -0.1) is 0 Å². The smallest absolute Gasteiger partial charge is 0.120 e. The number of rotatable bonds is 2. The predicted molar refractivity (Wildman–Crippen MR) is 38.6 cm³/mol. The summed E-state index contributed by atoms with van der Waals surface area (Å²) in [6.45, 7) is 0.541. The first-order valence-electron chi connectivity index (χ1n) is 3.68. The second-order valence-electron chi connectivity index (χ2n) is 2.78. The van der Waals surface area contributed by atoms with Crippen LogP contribution >= 0.6 is 0 Å². The predicted octanol–water partition coefficient (Wildman–Crippen LogP) is 1.62. The SMILES string of the molecule is NCc1occc1C1CC1. The first-order valence-corrected chi connectivity index (χ1v) is 3.68. The third-order valence-electron chi connectivity index (χ3n) is 1.98. The van der Waals surface area contributed by atoms with Gasteiger partial charge in [0.05, 0.1) is 12.8 Å². The molecule has 54 valence electrons. The van der Waals surface area contributed by atoms with Crippen LogP contribution in [-0.2, 0) is 6.54 Å². The first kappa shape index (κ1) is 5.98. The van der Waals surface area contributed by atoms with Crippen LogP contribution in [0.15, 0.2) is 16.7 Å². The van der Waals surface area contributed by atoms with Gasteiger partial charge in [-0.1, -0.05) is 0 Å². The van der Waals surface area contributed by atoms with Gasteiger partial charge in [-0.25, -0.2) is 0 Å². The minimum atomic E-state index is 0.541. The molecule has 1 aliphatic rings. The molecular formula is C8H11NO. The highest BCUT2D eigenvalue weighted by Crippen LogP contribution is 2.41. The highest BCUT2D eigenvalue weighted by atomic mass is 16.3. The van der Waals surface area contributed by atoms with Crippen LogP contribution in [0, 0.1) is 0 Å². The van der Waals surface area contributed by atoms with E-state index in [1.165, 1.54) is 18.4 Å². The summed E-state index contributed by atoms with van der Waals surface area (Å²) in [5.41, 5.74) is 6.80. The van der Waals surface area contributed by atoms with Crippen molar-refractivity contribution in [1.82, 2.24) is 0 Å². The van der Waals surface area contributed by atoms with Crippen LogP contribution in [0.3, 0.4) is 0 Å². The Hall–Kier alpha value is -0.760. The largest absolute Gasteiger partial charge is 0.468 e. The zero-order chi connectivity index (χ0) is 6.97. The van der Waals surface area contributed by atoms with Crippen molar-refractivity contribution >= 4 is 0 Å². The van der Waals surface area contributed by atoms with E-state index in [0.717, 1.165) is 11.7 Å². The molecular weight excluding hydrogens is 126 g/mol. The first-order chi connectivity index (χ1) is 4.92. The lowest BCUT2D eigenvalue weighted by Crippen LogP contribution is -1.96. The highest BCUT2D eigenvalue weighted by Gasteiger charge is 2.26. The van der Waals surface area contributed by atoms with Gasteiger partial charge in [0.25, 0.3) is 0 Å². The Morgan fingerprint density at radius 3 is 3.00 bits per heavy atom. The molecule has 1 heterocycles. The normalized spacial score (nSPS) is 17.7. The molecule has 2 heteroatoms. The molecule has 1 aromatic rings. The summed E-state index contributed by atoms with van der Waals surface area (Å²) in [6, 6.07) is 2.04. The second kappa shape index (κ2) is 2.13. The van der Waals surface area contributed by atoms with E-state index in [2.05, 4.69) is 0 Å². The van der Waals surface area contributed by atoms with Crippen LogP contribution in [0.5, 0.6) is 0 Å². The molecule has 0 aromatic carbocycles. The van der Waals surface area contributed by atoms with Crippen molar-refractivity contribution in [3.63, 3.8) is 0 Å². The van der Waals surface area contributed by atoms with Crippen LogP contribution in [0.4, 0.5) is 0 Å². The van der Waals surface area contributed by atoms with Crippen LogP contribution in [0.2, 0.25) is 0 Å². The van der Waals surface area contributed by atoms with Crippen LogP contribution in [-0.4, -0.2) is 0 Å². The summed E-state index contributed by atoms with van der Waals surface area (Å²) >= 11 is 0. The van der Waals surface area contributed by atoms with Gasteiger partial charge in [0.15, 0.2) is 0 Å². The average molecular weight is 137 g/mol. The number of furan rings is 1. The molecule has 0 radical (unpaired) electrons. The minimum absolute atomic E-state index is 0.541. The maximum absolute atomic E-state index is 5.47. The van der Waals surface area contributed by atoms with E-state index >= 15 is 0 Å². The van der Waals surface area contributed by atoms with Gasteiger partial charge in [-0.3, -0.25) is 0 Å². The molecule has 0 unspecified atom stereocenters. The van der Waals surface area contributed by atoms with Gasteiger partial charge in [-0.05, 0) is 30.4 Å². The summed E-state index contributed by atoms with van der Waals surface area (Å²) < 4.78 is 5.19. The summed E-state index contributed by atoms with van der Waals surface area (Å²) in [6.07, 6.45) is 4.36.